The molecule has 0 bridgehead atoms. The number of anilines is 1. The van der Waals surface area contributed by atoms with E-state index < -0.39 is 16.1 Å². The monoisotopic (exact) mass is 561 g/mol. The van der Waals surface area contributed by atoms with E-state index in [9.17, 15) is 18.0 Å². The van der Waals surface area contributed by atoms with Crippen LogP contribution < -0.4 is 9.62 Å². The van der Waals surface area contributed by atoms with Gasteiger partial charge in [0.15, 0.2) is 0 Å². The molecule has 0 aliphatic heterocycles. The molecule has 1 unspecified atom stereocenters. The average Bonchev–Trinajstić information content (AvgIpc) is 2.77. The number of hydrogen-bond acceptors (Lipinski definition) is 4. The molecular formula is C24H30Cl3N3O4S. The van der Waals surface area contributed by atoms with Gasteiger partial charge >= 0.3 is 0 Å². The molecule has 0 aliphatic rings. The Kier molecular flexibility index (Phi) is 10.7. The predicted octanol–water partition coefficient (Wildman–Crippen LogP) is 5.05. The van der Waals surface area contributed by atoms with Gasteiger partial charge in [0.2, 0.25) is 21.8 Å². The summed E-state index contributed by atoms with van der Waals surface area (Å²) in [6.45, 7) is 5.69. The van der Waals surface area contributed by atoms with E-state index in [1.165, 1.54) is 9.21 Å². The molecule has 0 saturated carbocycles. The molecule has 1 atom stereocenters. The minimum absolute atomic E-state index is 0.0114. The Balaban J connectivity index is 2.24. The second-order valence-electron chi connectivity index (χ2n) is 8.12. The Morgan fingerprint density at radius 1 is 1.03 bits per heavy atom. The van der Waals surface area contributed by atoms with E-state index in [1.54, 1.807) is 57.2 Å². The van der Waals surface area contributed by atoms with Crippen molar-refractivity contribution in [2.45, 2.75) is 46.2 Å². The molecule has 0 heterocycles. The first-order chi connectivity index (χ1) is 16.4. The van der Waals surface area contributed by atoms with E-state index in [1.807, 2.05) is 0 Å². The number of rotatable bonds is 11. The van der Waals surface area contributed by atoms with Gasteiger partial charge in [-0.3, -0.25) is 13.9 Å². The van der Waals surface area contributed by atoms with Gasteiger partial charge in [0.25, 0.3) is 0 Å². The normalized spacial score (nSPS) is 12.2. The van der Waals surface area contributed by atoms with Crippen LogP contribution in [0.1, 0.15) is 37.8 Å². The first kappa shape index (κ1) is 29.2. The molecule has 35 heavy (non-hydrogen) atoms. The zero-order valence-electron chi connectivity index (χ0n) is 20.1. The van der Waals surface area contributed by atoms with E-state index in [0.717, 1.165) is 6.26 Å². The molecule has 2 aromatic rings. The molecular weight excluding hydrogens is 533 g/mol. The fourth-order valence-electron chi connectivity index (χ4n) is 3.61. The highest BCUT2D eigenvalue weighted by molar-refractivity contribution is 7.92. The summed E-state index contributed by atoms with van der Waals surface area (Å²) >= 11 is 18.8. The van der Waals surface area contributed by atoms with Gasteiger partial charge in [-0.25, -0.2) is 8.42 Å². The van der Waals surface area contributed by atoms with Crippen LogP contribution in [0.5, 0.6) is 0 Å². The van der Waals surface area contributed by atoms with Gasteiger partial charge < -0.3 is 10.2 Å². The Hall–Kier alpha value is -2.00. The minimum atomic E-state index is -3.62. The summed E-state index contributed by atoms with van der Waals surface area (Å²) in [6, 6.07) is 9.29. The number of likely N-dealkylation sites (N-methyl/N-ethyl adjacent to an activating group) is 1. The fourth-order valence-corrected chi connectivity index (χ4v) is 5.31. The third kappa shape index (κ3) is 7.74. The molecule has 0 aliphatic carbocycles. The van der Waals surface area contributed by atoms with E-state index in [-0.39, 0.29) is 37.7 Å². The molecule has 2 amide bonds. The number of benzene rings is 2. The lowest BCUT2D eigenvalue weighted by Crippen LogP contribution is -2.47. The number of amides is 2. The van der Waals surface area contributed by atoms with E-state index in [4.69, 9.17) is 34.8 Å². The molecule has 0 radical (unpaired) electrons. The topological polar surface area (TPSA) is 86.8 Å². The SMILES string of the molecule is CCNC(=O)C(C)N(Cc1c(Cl)cccc1Cl)C(=O)CCCN(c1cccc(Cl)c1C)S(C)(=O)=O. The lowest BCUT2D eigenvalue weighted by molar-refractivity contribution is -0.140. The van der Waals surface area contributed by atoms with Crippen LogP contribution in [0.15, 0.2) is 36.4 Å². The molecule has 11 heteroatoms. The summed E-state index contributed by atoms with van der Waals surface area (Å²) in [5, 5.41) is 3.95. The summed E-state index contributed by atoms with van der Waals surface area (Å²) in [6.07, 6.45) is 1.35. The van der Waals surface area contributed by atoms with Crippen molar-refractivity contribution in [3.63, 3.8) is 0 Å². The van der Waals surface area contributed by atoms with Gasteiger partial charge in [-0.1, -0.05) is 46.9 Å². The van der Waals surface area contributed by atoms with Gasteiger partial charge in [-0.2, -0.15) is 0 Å². The highest BCUT2D eigenvalue weighted by atomic mass is 35.5. The zero-order valence-corrected chi connectivity index (χ0v) is 23.2. The molecule has 7 nitrogen and oxygen atoms in total. The van der Waals surface area contributed by atoms with E-state index in [0.29, 0.717) is 38.4 Å². The standard InChI is InChI=1S/C24H30Cl3N3O4S/c1-5-28-24(32)17(3)29(15-18-20(26)10-6-11-21(18)27)23(31)13-8-14-30(35(4,33)34)22-12-7-9-19(25)16(22)2/h6-7,9-12,17H,5,8,13-15H2,1-4H3,(H,28,32). The molecule has 192 valence electrons. The van der Waals surface area contributed by atoms with Crippen molar-refractivity contribution >= 4 is 62.3 Å². The number of nitrogens with one attached hydrogen (secondary N) is 1. The Morgan fingerprint density at radius 3 is 2.17 bits per heavy atom. The second kappa shape index (κ2) is 12.8. The van der Waals surface area contributed by atoms with Crippen LogP contribution >= 0.6 is 34.8 Å². The van der Waals surface area contributed by atoms with Gasteiger partial charge in [0, 0.05) is 46.7 Å². The predicted molar refractivity (Wildman–Crippen MR) is 143 cm³/mol. The maximum absolute atomic E-state index is 13.3. The van der Waals surface area contributed by atoms with Crippen molar-refractivity contribution in [1.29, 1.82) is 0 Å². The van der Waals surface area contributed by atoms with Gasteiger partial charge in [-0.05, 0) is 57.0 Å². The van der Waals surface area contributed by atoms with E-state index in [2.05, 4.69) is 5.32 Å². The summed E-state index contributed by atoms with van der Waals surface area (Å²) in [4.78, 5) is 27.2. The van der Waals surface area contributed by atoms with Gasteiger partial charge in [-0.15, -0.1) is 0 Å². The molecule has 0 fully saturated rings. The number of carbonyl (C=O) groups is 2. The minimum Gasteiger partial charge on any atom is -0.355 e. The number of sulfonamides is 1. The summed E-state index contributed by atoms with van der Waals surface area (Å²) in [7, 11) is -3.62. The zero-order chi connectivity index (χ0) is 26.3. The van der Waals surface area contributed by atoms with Crippen molar-refractivity contribution in [2.75, 3.05) is 23.7 Å². The van der Waals surface area contributed by atoms with Crippen molar-refractivity contribution < 1.29 is 18.0 Å². The Labute approximate surface area is 222 Å². The smallest absolute Gasteiger partial charge is 0.242 e. The van der Waals surface area contributed by atoms with Crippen LogP contribution in [0.3, 0.4) is 0 Å². The highest BCUT2D eigenvalue weighted by Crippen LogP contribution is 2.29. The third-order valence-corrected chi connectivity index (χ3v) is 7.87. The highest BCUT2D eigenvalue weighted by Gasteiger charge is 2.28. The first-order valence-electron chi connectivity index (χ1n) is 11.1. The van der Waals surface area contributed by atoms with Crippen LogP contribution in [0.25, 0.3) is 0 Å². The van der Waals surface area contributed by atoms with Crippen LogP contribution in [0.2, 0.25) is 15.1 Å². The van der Waals surface area contributed by atoms with Gasteiger partial charge in [0.05, 0.1) is 11.9 Å². The summed E-state index contributed by atoms with van der Waals surface area (Å²) < 4.78 is 26.2. The third-order valence-electron chi connectivity index (χ3n) is 5.57. The number of nitrogens with zero attached hydrogens (tertiary/aromatic N) is 2. The molecule has 2 rings (SSSR count). The van der Waals surface area contributed by atoms with Crippen LogP contribution in [0.4, 0.5) is 5.69 Å². The average molecular weight is 563 g/mol. The molecule has 0 aromatic heterocycles. The molecule has 0 saturated heterocycles. The van der Waals surface area contributed by atoms with Crippen molar-refractivity contribution in [2.24, 2.45) is 0 Å². The lowest BCUT2D eigenvalue weighted by atomic mass is 10.1. The Morgan fingerprint density at radius 2 is 1.60 bits per heavy atom. The van der Waals surface area contributed by atoms with Crippen LogP contribution in [-0.4, -0.2) is 50.5 Å². The van der Waals surface area contributed by atoms with Crippen molar-refractivity contribution in [1.82, 2.24) is 10.2 Å². The molecule has 2 aromatic carbocycles. The summed E-state index contributed by atoms with van der Waals surface area (Å²) in [5.74, 6) is -0.632. The van der Waals surface area contributed by atoms with Crippen molar-refractivity contribution in [3.05, 3.63) is 62.6 Å². The quantitative estimate of drug-likeness (QED) is 0.415. The number of halogens is 3. The second-order valence-corrected chi connectivity index (χ2v) is 11.2. The summed E-state index contributed by atoms with van der Waals surface area (Å²) in [5.41, 5.74) is 1.63. The van der Waals surface area contributed by atoms with Crippen LogP contribution in [0, 0.1) is 6.92 Å². The number of hydrogen-bond donors (Lipinski definition) is 1. The van der Waals surface area contributed by atoms with Gasteiger partial charge in [0.1, 0.15) is 6.04 Å². The Bertz CT molecular complexity index is 1150. The fraction of sp³-hybridized carbons (Fsp3) is 0.417. The van der Waals surface area contributed by atoms with E-state index >= 15 is 0 Å². The van der Waals surface area contributed by atoms with Crippen molar-refractivity contribution in [3.8, 4) is 0 Å². The molecule has 1 N–H and O–H groups in total. The maximum atomic E-state index is 13.3. The maximum Gasteiger partial charge on any atom is 0.242 e. The first-order valence-corrected chi connectivity index (χ1v) is 14.1. The molecule has 0 spiro atoms. The van der Waals surface area contributed by atoms with Crippen LogP contribution in [-0.2, 0) is 26.2 Å². The number of carbonyl (C=O) groups excluding carboxylic acids is 2. The lowest BCUT2D eigenvalue weighted by Gasteiger charge is -2.30. The largest absolute Gasteiger partial charge is 0.355 e.